The second-order valence-corrected chi connectivity index (χ2v) is 6.50. The smallest absolute Gasteiger partial charge is 0.319 e. The Morgan fingerprint density at radius 1 is 1.27 bits per heavy atom. The summed E-state index contributed by atoms with van der Waals surface area (Å²) in [7, 11) is 0. The third-order valence-corrected chi connectivity index (χ3v) is 4.67. The molecule has 0 spiro atoms. The Hall–Kier alpha value is -2.99. The molecule has 2 aromatic carbocycles. The molecule has 7 heteroatoms. The molecule has 2 aromatic rings. The minimum absolute atomic E-state index is 0.0105. The Labute approximate surface area is 155 Å². The van der Waals surface area contributed by atoms with Gasteiger partial charge in [-0.15, -0.1) is 0 Å². The van der Waals surface area contributed by atoms with Crippen molar-refractivity contribution in [2.45, 2.75) is 13.0 Å². The lowest BCUT2D eigenvalue weighted by molar-refractivity contribution is -0.119. The molecule has 134 valence electrons. The van der Waals surface area contributed by atoms with Crippen LogP contribution >= 0.6 is 11.6 Å². The molecule has 0 aromatic heterocycles. The van der Waals surface area contributed by atoms with Crippen molar-refractivity contribution in [3.8, 4) is 5.75 Å². The summed E-state index contributed by atoms with van der Waals surface area (Å²) in [6, 6.07) is 10.5. The molecule has 1 aliphatic rings. The molecular weight excluding hydrogens is 354 g/mol. The number of amides is 3. The molecule has 0 saturated carbocycles. The number of carbonyl (C=O) groups is 2. The number of rotatable bonds is 3. The van der Waals surface area contributed by atoms with E-state index in [1.54, 1.807) is 36.4 Å². The molecule has 1 fully saturated rings. The maximum Gasteiger partial charge on any atom is 0.319 e. The van der Waals surface area contributed by atoms with Crippen LogP contribution in [0.25, 0.3) is 0 Å². The lowest BCUT2D eigenvalue weighted by Gasteiger charge is -2.34. The molecule has 3 rings (SSSR count). The zero-order valence-electron chi connectivity index (χ0n) is 14.0. The van der Waals surface area contributed by atoms with Crippen LogP contribution in [0.5, 0.6) is 5.75 Å². The van der Waals surface area contributed by atoms with Gasteiger partial charge in [-0.1, -0.05) is 42.4 Å². The predicted molar refractivity (Wildman–Crippen MR) is 100.0 cm³/mol. The number of halogens is 1. The fraction of sp³-hybridized carbons (Fsp3) is 0.158. The Kier molecular flexibility index (Phi) is 4.86. The number of nitrogens with one attached hydrogen (secondary N) is 3. The SMILES string of the molecule is C=C1NC(=O)N[C@H](c2ccccc2O)[C@H]1C(=O)Nc1ccc(C)c(Cl)c1. The number of phenolic OH excluding ortho intramolecular Hbond substituents is 1. The van der Waals surface area contributed by atoms with Gasteiger partial charge in [0.2, 0.25) is 5.91 Å². The minimum atomic E-state index is -0.818. The number of aromatic hydroxyl groups is 1. The van der Waals surface area contributed by atoms with Crippen LogP contribution in [-0.2, 0) is 4.79 Å². The molecule has 3 amide bonds. The van der Waals surface area contributed by atoms with Gasteiger partial charge in [0, 0.05) is 22.0 Å². The summed E-state index contributed by atoms with van der Waals surface area (Å²) < 4.78 is 0. The van der Waals surface area contributed by atoms with E-state index in [1.165, 1.54) is 6.07 Å². The normalized spacial score (nSPS) is 19.5. The molecule has 0 bridgehead atoms. The van der Waals surface area contributed by atoms with Crippen LogP contribution in [0.2, 0.25) is 5.02 Å². The van der Waals surface area contributed by atoms with Gasteiger partial charge in [0.1, 0.15) is 11.7 Å². The summed E-state index contributed by atoms with van der Waals surface area (Å²) in [6.07, 6.45) is 0. The van der Waals surface area contributed by atoms with E-state index in [-0.39, 0.29) is 17.4 Å². The number of hydrogen-bond acceptors (Lipinski definition) is 3. The Morgan fingerprint density at radius 2 is 2.00 bits per heavy atom. The molecule has 2 atom stereocenters. The van der Waals surface area contributed by atoms with E-state index in [9.17, 15) is 14.7 Å². The Morgan fingerprint density at radius 3 is 2.69 bits per heavy atom. The van der Waals surface area contributed by atoms with Crippen LogP contribution in [0.1, 0.15) is 17.2 Å². The molecule has 1 aliphatic heterocycles. The maximum atomic E-state index is 12.9. The van der Waals surface area contributed by atoms with Gasteiger partial charge in [-0.05, 0) is 30.7 Å². The van der Waals surface area contributed by atoms with Crippen molar-refractivity contribution >= 4 is 29.2 Å². The van der Waals surface area contributed by atoms with Crippen molar-refractivity contribution in [2.75, 3.05) is 5.32 Å². The number of benzene rings is 2. The summed E-state index contributed by atoms with van der Waals surface area (Å²) in [5.41, 5.74) is 2.11. The summed E-state index contributed by atoms with van der Waals surface area (Å²) in [5, 5.41) is 18.7. The lowest BCUT2D eigenvalue weighted by Crippen LogP contribution is -2.51. The zero-order chi connectivity index (χ0) is 18.8. The van der Waals surface area contributed by atoms with Crippen LogP contribution < -0.4 is 16.0 Å². The first-order valence-corrected chi connectivity index (χ1v) is 8.36. The number of carbonyl (C=O) groups excluding carboxylic acids is 2. The van der Waals surface area contributed by atoms with Gasteiger partial charge in [-0.2, -0.15) is 0 Å². The third-order valence-electron chi connectivity index (χ3n) is 4.26. The second-order valence-electron chi connectivity index (χ2n) is 6.09. The van der Waals surface area contributed by atoms with Crippen molar-refractivity contribution in [2.24, 2.45) is 5.92 Å². The van der Waals surface area contributed by atoms with Crippen molar-refractivity contribution < 1.29 is 14.7 Å². The number of urea groups is 1. The average molecular weight is 372 g/mol. The summed E-state index contributed by atoms with van der Waals surface area (Å²) in [6.45, 7) is 5.67. The Bertz CT molecular complexity index is 897. The first kappa shape index (κ1) is 17.8. The molecule has 0 unspecified atom stereocenters. The molecule has 4 N–H and O–H groups in total. The minimum Gasteiger partial charge on any atom is -0.508 e. The average Bonchev–Trinajstić information content (AvgIpc) is 2.57. The predicted octanol–water partition coefficient (Wildman–Crippen LogP) is 3.48. The maximum absolute atomic E-state index is 12.9. The molecule has 26 heavy (non-hydrogen) atoms. The highest BCUT2D eigenvalue weighted by Gasteiger charge is 2.38. The largest absolute Gasteiger partial charge is 0.508 e. The monoisotopic (exact) mass is 371 g/mol. The zero-order valence-corrected chi connectivity index (χ0v) is 14.8. The molecule has 1 saturated heterocycles. The molecule has 1 heterocycles. The van der Waals surface area contributed by atoms with Gasteiger partial charge in [0.25, 0.3) is 0 Å². The van der Waals surface area contributed by atoms with Crippen molar-refractivity contribution in [3.63, 3.8) is 0 Å². The highest BCUT2D eigenvalue weighted by Crippen LogP contribution is 2.35. The first-order chi connectivity index (χ1) is 12.4. The van der Waals surface area contributed by atoms with Crippen LogP contribution in [0.15, 0.2) is 54.7 Å². The fourth-order valence-corrected chi connectivity index (χ4v) is 3.07. The topological polar surface area (TPSA) is 90.5 Å². The van der Waals surface area contributed by atoms with Gasteiger partial charge in [-0.3, -0.25) is 4.79 Å². The first-order valence-electron chi connectivity index (χ1n) is 7.98. The van der Waals surface area contributed by atoms with E-state index in [0.29, 0.717) is 16.3 Å². The number of anilines is 1. The third kappa shape index (κ3) is 3.50. The van der Waals surface area contributed by atoms with Crippen LogP contribution in [0.4, 0.5) is 10.5 Å². The van der Waals surface area contributed by atoms with E-state index in [0.717, 1.165) is 5.56 Å². The molecule has 6 nitrogen and oxygen atoms in total. The summed E-state index contributed by atoms with van der Waals surface area (Å²) in [5.74, 6) is -1.21. The quantitative estimate of drug-likeness (QED) is 0.665. The van der Waals surface area contributed by atoms with E-state index >= 15 is 0 Å². The number of para-hydroxylation sites is 1. The lowest BCUT2D eigenvalue weighted by atomic mass is 9.87. The van der Waals surface area contributed by atoms with Crippen LogP contribution in [0, 0.1) is 12.8 Å². The van der Waals surface area contributed by atoms with Gasteiger partial charge in [-0.25, -0.2) is 4.79 Å². The van der Waals surface area contributed by atoms with Crippen molar-refractivity contribution in [1.29, 1.82) is 0 Å². The molecule has 0 radical (unpaired) electrons. The highest BCUT2D eigenvalue weighted by atomic mass is 35.5. The van der Waals surface area contributed by atoms with Gasteiger partial charge < -0.3 is 21.1 Å². The Balaban J connectivity index is 1.92. The number of phenols is 1. The second kappa shape index (κ2) is 7.09. The standard InChI is InChI=1S/C19H18ClN3O3/c1-10-7-8-12(9-14(10)20)22-18(25)16-11(2)21-19(26)23-17(16)13-5-3-4-6-15(13)24/h3-9,16-17,24H,2H2,1H3,(H,22,25)(H2,21,23,26)/t16-,17+/m0/s1. The summed E-state index contributed by atoms with van der Waals surface area (Å²) in [4.78, 5) is 24.8. The molecular formula is C19H18ClN3O3. The van der Waals surface area contributed by atoms with E-state index in [4.69, 9.17) is 11.6 Å². The summed E-state index contributed by atoms with van der Waals surface area (Å²) >= 11 is 6.10. The van der Waals surface area contributed by atoms with Crippen LogP contribution in [-0.4, -0.2) is 17.0 Å². The highest BCUT2D eigenvalue weighted by molar-refractivity contribution is 6.31. The van der Waals surface area contributed by atoms with Gasteiger partial charge >= 0.3 is 6.03 Å². The van der Waals surface area contributed by atoms with Crippen LogP contribution in [0.3, 0.4) is 0 Å². The number of hydrogen-bond donors (Lipinski definition) is 4. The fourth-order valence-electron chi connectivity index (χ4n) is 2.89. The van der Waals surface area contributed by atoms with Gasteiger partial charge in [0.15, 0.2) is 0 Å². The van der Waals surface area contributed by atoms with Crippen molar-refractivity contribution in [1.82, 2.24) is 10.6 Å². The van der Waals surface area contributed by atoms with E-state index < -0.39 is 18.0 Å². The van der Waals surface area contributed by atoms with Crippen molar-refractivity contribution in [3.05, 3.63) is 70.9 Å². The van der Waals surface area contributed by atoms with E-state index in [2.05, 4.69) is 22.5 Å². The van der Waals surface area contributed by atoms with E-state index in [1.807, 2.05) is 6.92 Å². The number of aryl methyl sites for hydroxylation is 1. The molecule has 0 aliphatic carbocycles. The van der Waals surface area contributed by atoms with Gasteiger partial charge in [0.05, 0.1) is 6.04 Å².